The van der Waals surface area contributed by atoms with Gasteiger partial charge in [0, 0.05) is 0 Å². The van der Waals surface area contributed by atoms with Crippen molar-refractivity contribution in [2.24, 2.45) is 10.7 Å². The number of nitrogens with zero attached hydrogens (tertiary/aromatic N) is 1. The topological polar surface area (TPSA) is 67.8 Å². The van der Waals surface area contributed by atoms with Crippen LogP contribution >= 0.6 is 0 Å². The molecule has 2 rings (SSSR count). The molecule has 4 nitrogen and oxygen atoms in total. The third kappa shape index (κ3) is 4.12. The molecule has 0 heterocycles. The largest absolute Gasteiger partial charge is 0.508 e. The molecule has 0 amide bonds. The molecule has 98 valence electrons. The third-order valence-electron chi connectivity index (χ3n) is 2.53. The number of rotatable bonds is 4. The molecule has 4 heteroatoms. The molecule has 2 aromatic rings. The molecule has 0 unspecified atom stereocenters. The molecule has 0 aromatic heterocycles. The first-order valence-electron chi connectivity index (χ1n) is 6.02. The molecule has 0 saturated heterocycles. The van der Waals surface area contributed by atoms with E-state index in [-0.39, 0.29) is 12.3 Å². The van der Waals surface area contributed by atoms with E-state index in [0.29, 0.717) is 18.2 Å². The number of aromatic hydroxyl groups is 1. The van der Waals surface area contributed by atoms with Crippen LogP contribution in [0.5, 0.6) is 11.5 Å². The second-order valence-corrected chi connectivity index (χ2v) is 4.00. The summed E-state index contributed by atoms with van der Waals surface area (Å²) in [4.78, 5) is 4.34. The molecule has 2 aromatic carbocycles. The molecule has 0 aliphatic rings. The van der Waals surface area contributed by atoms with Crippen molar-refractivity contribution in [2.75, 3.05) is 6.54 Å². The van der Waals surface area contributed by atoms with Crippen molar-refractivity contribution < 1.29 is 9.84 Å². The SMILES string of the molecule is NCC(=NCc1ccccc1)Oc1ccc(O)cc1. The lowest BCUT2D eigenvalue weighted by atomic mass is 10.2. The van der Waals surface area contributed by atoms with E-state index in [1.54, 1.807) is 24.3 Å². The summed E-state index contributed by atoms with van der Waals surface area (Å²) in [6.45, 7) is 0.763. The highest BCUT2D eigenvalue weighted by Crippen LogP contribution is 2.16. The minimum Gasteiger partial charge on any atom is -0.508 e. The fourth-order valence-corrected chi connectivity index (χ4v) is 1.55. The minimum atomic E-state index is 0.197. The standard InChI is InChI=1S/C15H16N2O2/c16-10-15(17-11-12-4-2-1-3-5-12)19-14-8-6-13(18)7-9-14/h1-9,18H,10-11,16H2. The number of hydrogen-bond donors (Lipinski definition) is 2. The summed E-state index contributed by atoms with van der Waals surface area (Å²) in [5, 5.41) is 9.19. The maximum atomic E-state index is 9.19. The van der Waals surface area contributed by atoms with Crippen LogP contribution in [0, 0.1) is 0 Å². The van der Waals surface area contributed by atoms with Gasteiger partial charge in [0.25, 0.3) is 0 Å². The zero-order chi connectivity index (χ0) is 13.5. The Labute approximate surface area is 112 Å². The average molecular weight is 256 g/mol. The first-order valence-corrected chi connectivity index (χ1v) is 6.02. The van der Waals surface area contributed by atoms with Crippen LogP contribution in [-0.4, -0.2) is 17.5 Å². The number of nitrogens with two attached hydrogens (primary N) is 1. The van der Waals surface area contributed by atoms with E-state index in [0.717, 1.165) is 5.56 Å². The third-order valence-corrected chi connectivity index (χ3v) is 2.53. The van der Waals surface area contributed by atoms with Gasteiger partial charge in [-0.05, 0) is 29.8 Å². The maximum Gasteiger partial charge on any atom is 0.204 e. The molecule has 0 aliphatic carbocycles. The van der Waals surface area contributed by atoms with Gasteiger partial charge in [0.2, 0.25) is 5.90 Å². The van der Waals surface area contributed by atoms with Crippen LogP contribution < -0.4 is 10.5 Å². The van der Waals surface area contributed by atoms with Gasteiger partial charge in [0.05, 0.1) is 13.1 Å². The van der Waals surface area contributed by atoms with E-state index in [2.05, 4.69) is 4.99 Å². The van der Waals surface area contributed by atoms with Crippen molar-refractivity contribution in [1.29, 1.82) is 0 Å². The summed E-state index contributed by atoms with van der Waals surface area (Å²) in [5.74, 6) is 1.27. The Morgan fingerprint density at radius 2 is 1.74 bits per heavy atom. The monoisotopic (exact) mass is 256 g/mol. The molecular formula is C15H16N2O2. The normalized spacial score (nSPS) is 11.3. The quantitative estimate of drug-likeness (QED) is 0.651. The second kappa shape index (κ2) is 6.56. The van der Waals surface area contributed by atoms with Gasteiger partial charge in [-0.3, -0.25) is 0 Å². The Hall–Kier alpha value is -2.33. The fourth-order valence-electron chi connectivity index (χ4n) is 1.55. The maximum absolute atomic E-state index is 9.19. The smallest absolute Gasteiger partial charge is 0.204 e. The highest BCUT2D eigenvalue weighted by atomic mass is 16.5. The lowest BCUT2D eigenvalue weighted by Crippen LogP contribution is -2.20. The first-order chi connectivity index (χ1) is 9.28. The van der Waals surface area contributed by atoms with E-state index in [4.69, 9.17) is 10.5 Å². The van der Waals surface area contributed by atoms with Crippen LogP contribution in [0.1, 0.15) is 5.56 Å². The zero-order valence-corrected chi connectivity index (χ0v) is 10.5. The van der Waals surface area contributed by atoms with Gasteiger partial charge < -0.3 is 15.6 Å². The van der Waals surface area contributed by atoms with Crippen LogP contribution in [0.4, 0.5) is 0 Å². The van der Waals surface area contributed by atoms with E-state index in [9.17, 15) is 5.11 Å². The van der Waals surface area contributed by atoms with Crippen LogP contribution in [0.15, 0.2) is 59.6 Å². The molecule has 0 aliphatic heterocycles. The number of ether oxygens (including phenoxy) is 1. The molecule has 0 saturated carbocycles. The molecule has 0 bridgehead atoms. The predicted octanol–water partition coefficient (Wildman–Crippen LogP) is 2.33. The molecule has 0 spiro atoms. The van der Waals surface area contributed by atoms with Gasteiger partial charge in [0.15, 0.2) is 0 Å². The van der Waals surface area contributed by atoms with Crippen molar-refractivity contribution in [3.63, 3.8) is 0 Å². The lowest BCUT2D eigenvalue weighted by Gasteiger charge is -2.07. The van der Waals surface area contributed by atoms with Gasteiger partial charge in [0.1, 0.15) is 11.5 Å². The Balaban J connectivity index is 2.01. The Kier molecular flexibility index (Phi) is 4.53. The Bertz CT molecular complexity index is 536. The zero-order valence-electron chi connectivity index (χ0n) is 10.5. The second-order valence-electron chi connectivity index (χ2n) is 4.00. The molecular weight excluding hydrogens is 240 g/mol. The fraction of sp³-hybridized carbons (Fsp3) is 0.133. The summed E-state index contributed by atoms with van der Waals surface area (Å²) < 4.78 is 5.55. The van der Waals surface area contributed by atoms with E-state index in [1.807, 2.05) is 30.3 Å². The summed E-state index contributed by atoms with van der Waals surface area (Å²) in [5.41, 5.74) is 6.71. The van der Waals surface area contributed by atoms with Crippen molar-refractivity contribution in [2.45, 2.75) is 6.54 Å². The molecule has 19 heavy (non-hydrogen) atoms. The number of phenolic OH excluding ortho intramolecular Hbond substituents is 1. The van der Waals surface area contributed by atoms with Crippen molar-refractivity contribution in [3.05, 3.63) is 60.2 Å². The van der Waals surface area contributed by atoms with Crippen molar-refractivity contribution >= 4 is 5.90 Å². The van der Waals surface area contributed by atoms with E-state index < -0.39 is 0 Å². The van der Waals surface area contributed by atoms with Crippen LogP contribution in [0.2, 0.25) is 0 Å². The van der Waals surface area contributed by atoms with Crippen molar-refractivity contribution in [1.82, 2.24) is 0 Å². The van der Waals surface area contributed by atoms with Crippen LogP contribution in [0.3, 0.4) is 0 Å². The lowest BCUT2D eigenvalue weighted by molar-refractivity contribution is 0.472. The number of hydrogen-bond acceptors (Lipinski definition) is 4. The van der Waals surface area contributed by atoms with Crippen LogP contribution in [-0.2, 0) is 6.54 Å². The van der Waals surface area contributed by atoms with Gasteiger partial charge in [-0.1, -0.05) is 30.3 Å². The van der Waals surface area contributed by atoms with Crippen LogP contribution in [0.25, 0.3) is 0 Å². The van der Waals surface area contributed by atoms with Gasteiger partial charge >= 0.3 is 0 Å². The molecule has 0 radical (unpaired) electrons. The molecule has 3 N–H and O–H groups in total. The van der Waals surface area contributed by atoms with Gasteiger partial charge in [-0.25, -0.2) is 4.99 Å². The summed E-state index contributed by atoms with van der Waals surface area (Å²) in [7, 11) is 0. The average Bonchev–Trinajstić information content (AvgIpc) is 2.46. The Morgan fingerprint density at radius 1 is 1.05 bits per heavy atom. The highest BCUT2D eigenvalue weighted by Gasteiger charge is 2.01. The summed E-state index contributed by atoms with van der Waals surface area (Å²) in [6.07, 6.45) is 0. The van der Waals surface area contributed by atoms with Crippen molar-refractivity contribution in [3.8, 4) is 11.5 Å². The minimum absolute atomic E-state index is 0.197. The summed E-state index contributed by atoms with van der Waals surface area (Å²) in [6, 6.07) is 16.3. The van der Waals surface area contributed by atoms with E-state index >= 15 is 0 Å². The highest BCUT2D eigenvalue weighted by molar-refractivity contribution is 5.80. The number of aliphatic imine (C=N–C) groups is 1. The molecule has 0 fully saturated rings. The Morgan fingerprint density at radius 3 is 2.37 bits per heavy atom. The van der Waals surface area contributed by atoms with Gasteiger partial charge in [-0.2, -0.15) is 0 Å². The van der Waals surface area contributed by atoms with E-state index in [1.165, 1.54) is 0 Å². The van der Waals surface area contributed by atoms with Gasteiger partial charge in [-0.15, -0.1) is 0 Å². The number of phenols is 1. The molecule has 0 atom stereocenters. The predicted molar refractivity (Wildman–Crippen MR) is 75.4 cm³/mol. The first kappa shape index (κ1) is 13.1. The summed E-state index contributed by atoms with van der Waals surface area (Å²) >= 11 is 0. The number of benzene rings is 2.